The number of nitrogens with zero attached hydrogens (tertiary/aromatic N) is 3. The zero-order valence-corrected chi connectivity index (χ0v) is 16.2. The van der Waals surface area contributed by atoms with Gasteiger partial charge in [-0.3, -0.25) is 4.79 Å². The number of carboxylic acid groups (broad SMARTS) is 1. The van der Waals surface area contributed by atoms with Crippen LogP contribution in [-0.2, 0) is 16.1 Å². The molecule has 0 radical (unpaired) electrons. The minimum atomic E-state index is -0.790. The van der Waals surface area contributed by atoms with Gasteiger partial charge in [0.05, 0.1) is 12.4 Å². The maximum atomic E-state index is 10.6. The van der Waals surface area contributed by atoms with Crippen molar-refractivity contribution in [2.45, 2.75) is 31.7 Å². The monoisotopic (exact) mass is 391 g/mol. The number of oxime groups is 1. The zero-order valence-electron chi connectivity index (χ0n) is 16.2. The Morgan fingerprint density at radius 2 is 1.79 bits per heavy atom. The first kappa shape index (κ1) is 20.3. The van der Waals surface area contributed by atoms with Crippen molar-refractivity contribution in [3.8, 4) is 0 Å². The second kappa shape index (κ2) is 10.8. The third kappa shape index (κ3) is 6.31. The third-order valence-corrected chi connectivity index (χ3v) is 4.58. The molecule has 0 unspecified atom stereocenters. The maximum Gasteiger partial charge on any atom is 0.303 e. The van der Waals surface area contributed by atoms with Gasteiger partial charge in [-0.15, -0.1) is 0 Å². The predicted octanol–water partition coefficient (Wildman–Crippen LogP) is 4.34. The fourth-order valence-corrected chi connectivity index (χ4v) is 3.11. The largest absolute Gasteiger partial charge is 0.481 e. The molecule has 0 aliphatic carbocycles. The maximum absolute atomic E-state index is 10.6. The van der Waals surface area contributed by atoms with Crippen molar-refractivity contribution in [3.63, 3.8) is 0 Å². The molecule has 1 atom stereocenters. The molecular formula is C23H25N3O3. The summed E-state index contributed by atoms with van der Waals surface area (Å²) >= 11 is 0. The van der Waals surface area contributed by atoms with Crippen LogP contribution < -0.4 is 0 Å². The summed E-state index contributed by atoms with van der Waals surface area (Å²) in [6.07, 6.45) is 7.58. The van der Waals surface area contributed by atoms with Crippen LogP contribution in [-0.4, -0.2) is 32.9 Å². The molecule has 0 bridgehead atoms. The van der Waals surface area contributed by atoms with Crippen molar-refractivity contribution in [3.05, 3.63) is 90.5 Å². The molecule has 29 heavy (non-hydrogen) atoms. The summed E-state index contributed by atoms with van der Waals surface area (Å²) in [5.74, 6) is -0.790. The van der Waals surface area contributed by atoms with Gasteiger partial charge in [-0.2, -0.15) is 0 Å². The van der Waals surface area contributed by atoms with E-state index in [4.69, 9.17) is 9.94 Å². The van der Waals surface area contributed by atoms with Crippen LogP contribution in [0.3, 0.4) is 0 Å². The highest BCUT2D eigenvalue weighted by atomic mass is 16.6. The molecule has 0 aliphatic rings. The van der Waals surface area contributed by atoms with Gasteiger partial charge < -0.3 is 14.5 Å². The van der Waals surface area contributed by atoms with Gasteiger partial charge in [0, 0.05) is 24.4 Å². The molecule has 0 amide bonds. The van der Waals surface area contributed by atoms with E-state index in [2.05, 4.69) is 22.3 Å². The first-order valence-electron chi connectivity index (χ1n) is 9.72. The lowest BCUT2D eigenvalue weighted by Crippen LogP contribution is -2.22. The van der Waals surface area contributed by atoms with Crippen molar-refractivity contribution in [2.24, 2.45) is 5.16 Å². The van der Waals surface area contributed by atoms with E-state index in [0.29, 0.717) is 19.4 Å². The van der Waals surface area contributed by atoms with Gasteiger partial charge in [0.15, 0.2) is 0 Å². The molecule has 1 N–H and O–H groups in total. The lowest BCUT2D eigenvalue weighted by atomic mass is 9.96. The van der Waals surface area contributed by atoms with Gasteiger partial charge in [0.1, 0.15) is 12.3 Å². The van der Waals surface area contributed by atoms with E-state index in [1.54, 1.807) is 12.5 Å². The number of hydrogen-bond donors (Lipinski definition) is 1. The average molecular weight is 391 g/mol. The van der Waals surface area contributed by atoms with Gasteiger partial charge in [-0.05, 0) is 24.8 Å². The van der Waals surface area contributed by atoms with E-state index < -0.39 is 5.97 Å². The minimum Gasteiger partial charge on any atom is -0.481 e. The Morgan fingerprint density at radius 1 is 1.07 bits per heavy atom. The van der Waals surface area contributed by atoms with Crippen LogP contribution in [0.1, 0.15) is 36.4 Å². The summed E-state index contributed by atoms with van der Waals surface area (Å²) in [4.78, 5) is 20.5. The molecule has 6 heteroatoms. The number of aromatic nitrogens is 2. The highest BCUT2D eigenvalue weighted by Crippen LogP contribution is 2.21. The molecule has 0 saturated heterocycles. The van der Waals surface area contributed by atoms with Crippen LogP contribution in [0, 0.1) is 0 Å². The number of carboxylic acids is 1. The lowest BCUT2D eigenvalue weighted by Gasteiger charge is -2.21. The summed E-state index contributed by atoms with van der Waals surface area (Å²) in [5, 5.41) is 13.2. The second-order valence-electron chi connectivity index (χ2n) is 6.74. The van der Waals surface area contributed by atoms with E-state index >= 15 is 0 Å². The topological polar surface area (TPSA) is 76.7 Å². The summed E-state index contributed by atoms with van der Waals surface area (Å²) < 4.78 is 2.03. The molecule has 0 fully saturated rings. The van der Waals surface area contributed by atoms with Gasteiger partial charge in [-0.1, -0.05) is 65.8 Å². The summed E-state index contributed by atoms with van der Waals surface area (Å²) in [6, 6.07) is 20.1. The molecule has 0 saturated carbocycles. The average Bonchev–Trinajstić information content (AvgIpc) is 3.28. The quantitative estimate of drug-likeness (QED) is 0.300. The molecule has 1 heterocycles. The fraction of sp³-hybridized carbons (Fsp3) is 0.261. The normalized spacial score (nSPS) is 12.5. The first-order valence-corrected chi connectivity index (χ1v) is 9.72. The summed E-state index contributed by atoms with van der Waals surface area (Å²) in [7, 11) is 0. The van der Waals surface area contributed by atoms with E-state index in [-0.39, 0.29) is 12.5 Å². The van der Waals surface area contributed by atoms with Crippen molar-refractivity contribution in [2.75, 3.05) is 6.61 Å². The second-order valence-corrected chi connectivity index (χ2v) is 6.74. The van der Waals surface area contributed by atoms with Crippen LogP contribution in [0.4, 0.5) is 0 Å². The first-order chi connectivity index (χ1) is 14.2. The van der Waals surface area contributed by atoms with Gasteiger partial charge in [0.25, 0.3) is 0 Å². The molecule has 0 aliphatic heterocycles. The highest BCUT2D eigenvalue weighted by molar-refractivity contribution is 6.03. The molecule has 1 aromatic heterocycles. The number of unbranched alkanes of at least 4 members (excludes halogenated alkanes) is 1. The Bertz CT molecular complexity index is 894. The Morgan fingerprint density at radius 3 is 2.45 bits per heavy atom. The van der Waals surface area contributed by atoms with Crippen molar-refractivity contribution >= 4 is 11.7 Å². The SMILES string of the molecule is O=C(O)CCCCO/N=C(\c1ccccc1)[C@H](Cc1ccccc1)n1ccnc1. The molecule has 150 valence electrons. The van der Waals surface area contributed by atoms with E-state index in [9.17, 15) is 4.79 Å². The molecule has 3 rings (SSSR count). The van der Waals surface area contributed by atoms with Crippen LogP contribution in [0.25, 0.3) is 0 Å². The molecule has 3 aromatic rings. The Kier molecular flexibility index (Phi) is 7.57. The third-order valence-electron chi connectivity index (χ3n) is 4.58. The Balaban J connectivity index is 1.83. The molecule has 6 nitrogen and oxygen atoms in total. The number of aliphatic carboxylic acids is 1. The minimum absolute atomic E-state index is 0.0821. The number of imidazole rings is 1. The van der Waals surface area contributed by atoms with E-state index in [0.717, 1.165) is 17.7 Å². The smallest absolute Gasteiger partial charge is 0.303 e. The molecule has 2 aromatic carbocycles. The van der Waals surface area contributed by atoms with E-state index in [1.165, 1.54) is 5.56 Å². The molecule has 0 spiro atoms. The number of rotatable bonds is 11. The van der Waals surface area contributed by atoms with Crippen LogP contribution in [0.5, 0.6) is 0 Å². The fourth-order valence-electron chi connectivity index (χ4n) is 3.11. The van der Waals surface area contributed by atoms with Crippen molar-refractivity contribution < 1.29 is 14.7 Å². The van der Waals surface area contributed by atoms with Crippen molar-refractivity contribution in [1.29, 1.82) is 0 Å². The number of carbonyl (C=O) groups is 1. The number of hydrogen-bond acceptors (Lipinski definition) is 4. The Labute approximate surface area is 170 Å². The lowest BCUT2D eigenvalue weighted by molar-refractivity contribution is -0.137. The van der Waals surface area contributed by atoms with Crippen molar-refractivity contribution in [1.82, 2.24) is 9.55 Å². The number of benzene rings is 2. The van der Waals surface area contributed by atoms with Gasteiger partial charge in [0.2, 0.25) is 0 Å². The Hall–Kier alpha value is -3.41. The standard InChI is InChI=1S/C23H25N3O3/c27-22(28)13-7-8-16-29-25-23(20-11-5-2-6-12-20)21(26-15-14-24-18-26)17-19-9-3-1-4-10-19/h1-6,9-12,14-15,18,21H,7-8,13,16-17H2,(H,27,28)/b25-23+/t21-/m0/s1. The summed E-state index contributed by atoms with van der Waals surface area (Å²) in [6.45, 7) is 0.381. The van der Waals surface area contributed by atoms with Crippen LogP contribution in [0.2, 0.25) is 0 Å². The summed E-state index contributed by atoms with van der Waals surface area (Å²) in [5.41, 5.74) is 2.98. The zero-order chi connectivity index (χ0) is 20.3. The highest BCUT2D eigenvalue weighted by Gasteiger charge is 2.21. The van der Waals surface area contributed by atoms with Crippen LogP contribution >= 0.6 is 0 Å². The molecular weight excluding hydrogens is 366 g/mol. The van der Waals surface area contributed by atoms with Gasteiger partial charge in [-0.25, -0.2) is 4.98 Å². The van der Waals surface area contributed by atoms with Gasteiger partial charge >= 0.3 is 5.97 Å². The van der Waals surface area contributed by atoms with Crippen LogP contribution in [0.15, 0.2) is 84.5 Å². The predicted molar refractivity (Wildman–Crippen MR) is 112 cm³/mol. The van der Waals surface area contributed by atoms with E-state index in [1.807, 2.05) is 59.3 Å².